The van der Waals surface area contributed by atoms with Crippen molar-refractivity contribution < 1.29 is 4.42 Å². The molecule has 1 aromatic carbocycles. The molecule has 0 amide bonds. The van der Waals surface area contributed by atoms with Crippen LogP contribution in [-0.2, 0) is 6.54 Å². The highest BCUT2D eigenvalue weighted by Crippen LogP contribution is 2.38. The number of furan rings is 1. The van der Waals surface area contributed by atoms with Crippen LogP contribution >= 0.6 is 27.7 Å². The number of nitrogens with zero attached hydrogens (tertiary/aromatic N) is 4. The predicted octanol–water partition coefficient (Wildman–Crippen LogP) is 4.46. The van der Waals surface area contributed by atoms with Gasteiger partial charge in [0, 0.05) is 21.3 Å². The van der Waals surface area contributed by atoms with Crippen LogP contribution < -0.4 is 11.1 Å². The summed E-state index contributed by atoms with van der Waals surface area (Å²) in [5, 5.41) is 5.37. The second kappa shape index (κ2) is 7.97. The maximum Gasteiger partial charge on any atom is 0.175 e. The highest BCUT2D eigenvalue weighted by atomic mass is 79.9. The molecule has 0 unspecified atom stereocenters. The summed E-state index contributed by atoms with van der Waals surface area (Å²) in [6.07, 6.45) is 6.75. The summed E-state index contributed by atoms with van der Waals surface area (Å²) in [4.78, 5) is 14.4. The summed E-state index contributed by atoms with van der Waals surface area (Å²) in [5.74, 6) is 1.13. The van der Waals surface area contributed by atoms with E-state index >= 15 is 0 Å². The molecule has 4 heterocycles. The highest BCUT2D eigenvalue weighted by molar-refractivity contribution is 9.10. The number of nitrogens with two attached hydrogens (primary N) is 1. The average molecular weight is 473 g/mol. The van der Waals surface area contributed by atoms with Gasteiger partial charge < -0.3 is 20.0 Å². The standard InChI is InChI=1S/C20H21BrN6OS/c21-14-9-13-4-8-28-15(13)10-16(14)29-20-26-17-18(22)24-11-25-19(17)27(20)7-3-12-1-5-23-6-2-12/h4,8-12,23H,1-3,5-7H2,(H2,22,24,25). The van der Waals surface area contributed by atoms with Gasteiger partial charge in [-0.2, -0.15) is 0 Å². The Morgan fingerprint density at radius 3 is 3.00 bits per heavy atom. The van der Waals surface area contributed by atoms with E-state index < -0.39 is 0 Å². The Balaban J connectivity index is 1.51. The van der Waals surface area contributed by atoms with Crippen molar-refractivity contribution in [1.82, 2.24) is 24.8 Å². The minimum absolute atomic E-state index is 0.415. The molecule has 0 spiro atoms. The predicted molar refractivity (Wildman–Crippen MR) is 118 cm³/mol. The van der Waals surface area contributed by atoms with Crippen LogP contribution in [0.25, 0.3) is 22.1 Å². The van der Waals surface area contributed by atoms with Crippen LogP contribution in [0.2, 0.25) is 0 Å². The number of nitrogens with one attached hydrogen (secondary N) is 1. The lowest BCUT2D eigenvalue weighted by Crippen LogP contribution is -2.28. The van der Waals surface area contributed by atoms with Gasteiger partial charge in [0.2, 0.25) is 0 Å². The van der Waals surface area contributed by atoms with E-state index in [2.05, 4.69) is 41.8 Å². The molecule has 1 fully saturated rings. The summed E-state index contributed by atoms with van der Waals surface area (Å²) in [6, 6.07) is 6.06. The first-order valence-corrected chi connectivity index (χ1v) is 11.3. The van der Waals surface area contributed by atoms with Crippen molar-refractivity contribution in [3.05, 3.63) is 35.3 Å². The molecular weight excluding hydrogens is 452 g/mol. The molecule has 7 nitrogen and oxygen atoms in total. The fourth-order valence-electron chi connectivity index (χ4n) is 3.84. The largest absolute Gasteiger partial charge is 0.464 e. The van der Waals surface area contributed by atoms with Crippen molar-refractivity contribution in [2.75, 3.05) is 18.8 Å². The number of piperidine rings is 1. The first-order chi connectivity index (χ1) is 14.2. The van der Waals surface area contributed by atoms with Crippen LogP contribution in [0.1, 0.15) is 19.3 Å². The summed E-state index contributed by atoms with van der Waals surface area (Å²) < 4.78 is 8.76. The molecule has 5 rings (SSSR count). The lowest BCUT2D eigenvalue weighted by molar-refractivity contribution is 0.335. The second-order valence-corrected chi connectivity index (χ2v) is 9.17. The molecule has 0 bridgehead atoms. The normalized spacial score (nSPS) is 15.5. The minimum atomic E-state index is 0.415. The van der Waals surface area contributed by atoms with Crippen molar-refractivity contribution in [1.29, 1.82) is 0 Å². The van der Waals surface area contributed by atoms with E-state index in [1.165, 1.54) is 19.2 Å². The van der Waals surface area contributed by atoms with Gasteiger partial charge in [0.25, 0.3) is 0 Å². The Morgan fingerprint density at radius 2 is 2.14 bits per heavy atom. The molecule has 1 saturated heterocycles. The average Bonchev–Trinajstić information content (AvgIpc) is 3.32. The van der Waals surface area contributed by atoms with Gasteiger partial charge in [0.1, 0.15) is 11.9 Å². The Hall–Kier alpha value is -2.10. The van der Waals surface area contributed by atoms with E-state index in [-0.39, 0.29) is 0 Å². The molecule has 0 saturated carbocycles. The Bertz CT molecular complexity index is 1170. The van der Waals surface area contributed by atoms with Crippen molar-refractivity contribution in [2.24, 2.45) is 5.92 Å². The van der Waals surface area contributed by atoms with Crippen LogP contribution in [0.5, 0.6) is 0 Å². The highest BCUT2D eigenvalue weighted by Gasteiger charge is 2.20. The van der Waals surface area contributed by atoms with Crippen molar-refractivity contribution in [3.8, 4) is 0 Å². The third kappa shape index (κ3) is 3.74. The first-order valence-electron chi connectivity index (χ1n) is 9.71. The van der Waals surface area contributed by atoms with Gasteiger partial charge in [0.15, 0.2) is 22.1 Å². The number of benzene rings is 1. The fraction of sp³-hybridized carbons (Fsp3) is 0.350. The number of anilines is 1. The Morgan fingerprint density at radius 1 is 1.28 bits per heavy atom. The first kappa shape index (κ1) is 18.9. The number of nitrogen functional groups attached to an aromatic ring is 1. The third-order valence-corrected chi connectivity index (χ3v) is 7.42. The summed E-state index contributed by atoms with van der Waals surface area (Å²) in [6.45, 7) is 3.06. The van der Waals surface area contributed by atoms with E-state index in [1.54, 1.807) is 18.0 Å². The number of hydrogen-bond acceptors (Lipinski definition) is 7. The van der Waals surface area contributed by atoms with Crippen LogP contribution in [0.3, 0.4) is 0 Å². The number of rotatable bonds is 5. The molecule has 0 aliphatic carbocycles. The van der Waals surface area contributed by atoms with Crippen molar-refractivity contribution in [2.45, 2.75) is 35.9 Å². The molecule has 29 heavy (non-hydrogen) atoms. The van der Waals surface area contributed by atoms with Gasteiger partial charge in [0.05, 0.1) is 6.26 Å². The maximum atomic E-state index is 6.09. The van der Waals surface area contributed by atoms with Gasteiger partial charge in [-0.15, -0.1) is 0 Å². The Labute approximate surface area is 180 Å². The smallest absolute Gasteiger partial charge is 0.175 e. The minimum Gasteiger partial charge on any atom is -0.464 e. The van der Waals surface area contributed by atoms with E-state index in [0.29, 0.717) is 11.3 Å². The zero-order valence-electron chi connectivity index (χ0n) is 15.8. The Kier molecular flexibility index (Phi) is 5.19. The van der Waals surface area contributed by atoms with Crippen LogP contribution in [0, 0.1) is 5.92 Å². The van der Waals surface area contributed by atoms with Gasteiger partial charge in [-0.1, -0.05) is 11.8 Å². The van der Waals surface area contributed by atoms with Gasteiger partial charge in [-0.3, -0.25) is 0 Å². The molecule has 150 valence electrons. The molecular formula is C20H21BrN6OS. The van der Waals surface area contributed by atoms with E-state index in [0.717, 1.165) is 63.1 Å². The zero-order valence-corrected chi connectivity index (χ0v) is 18.2. The van der Waals surface area contributed by atoms with Crippen LogP contribution in [-0.4, -0.2) is 32.6 Å². The molecule has 0 atom stereocenters. The van der Waals surface area contributed by atoms with Crippen molar-refractivity contribution >= 4 is 55.6 Å². The molecule has 3 N–H and O–H groups in total. The third-order valence-electron chi connectivity index (χ3n) is 5.45. The number of aryl methyl sites for hydroxylation is 1. The maximum absolute atomic E-state index is 6.09. The molecule has 0 radical (unpaired) electrons. The summed E-state index contributed by atoms with van der Waals surface area (Å²) >= 11 is 5.27. The SMILES string of the molecule is Nc1ncnc2c1nc(Sc1cc3occc3cc1Br)n2CCC1CCNCC1. The fourth-order valence-corrected chi connectivity index (χ4v) is 5.38. The topological polar surface area (TPSA) is 94.8 Å². The van der Waals surface area contributed by atoms with Gasteiger partial charge >= 0.3 is 0 Å². The molecule has 9 heteroatoms. The van der Waals surface area contributed by atoms with E-state index in [4.69, 9.17) is 15.1 Å². The molecule has 1 aliphatic heterocycles. The number of halogens is 1. The lowest BCUT2D eigenvalue weighted by Gasteiger charge is -2.23. The van der Waals surface area contributed by atoms with Gasteiger partial charge in [-0.05, 0) is 72.4 Å². The lowest BCUT2D eigenvalue weighted by atomic mass is 9.95. The zero-order chi connectivity index (χ0) is 19.8. The molecule has 3 aromatic heterocycles. The number of imidazole rings is 1. The number of aromatic nitrogens is 4. The van der Waals surface area contributed by atoms with Crippen LogP contribution in [0.15, 0.2) is 49.7 Å². The van der Waals surface area contributed by atoms with Crippen LogP contribution in [0.4, 0.5) is 5.82 Å². The second-order valence-electron chi connectivity index (χ2n) is 7.30. The summed E-state index contributed by atoms with van der Waals surface area (Å²) in [5.41, 5.74) is 8.40. The van der Waals surface area contributed by atoms with E-state index in [9.17, 15) is 0 Å². The van der Waals surface area contributed by atoms with Gasteiger partial charge in [-0.25, -0.2) is 15.0 Å². The molecule has 1 aliphatic rings. The molecule has 4 aromatic rings. The summed E-state index contributed by atoms with van der Waals surface area (Å²) in [7, 11) is 0. The number of hydrogen-bond donors (Lipinski definition) is 2. The number of fused-ring (bicyclic) bond motifs is 2. The quantitative estimate of drug-likeness (QED) is 0.442. The van der Waals surface area contributed by atoms with E-state index in [1.807, 2.05) is 12.1 Å². The monoisotopic (exact) mass is 472 g/mol. The van der Waals surface area contributed by atoms with Crippen molar-refractivity contribution in [3.63, 3.8) is 0 Å².